The molecule has 0 aliphatic carbocycles. The van der Waals surface area contributed by atoms with Crippen LogP contribution in [0.3, 0.4) is 0 Å². The SMILES string of the molecule is NCCCCC(NC(=O)C(CO)NC(=O)C1CCCN1C(=O)C(N)CS)C(=O)O. The van der Waals surface area contributed by atoms with Gasteiger partial charge < -0.3 is 37.2 Å². The van der Waals surface area contributed by atoms with Crippen LogP contribution in [0.5, 0.6) is 0 Å². The Kier molecular flexibility index (Phi) is 10.9. The second-order valence-corrected chi connectivity index (χ2v) is 7.27. The molecule has 0 radical (unpaired) electrons. The fourth-order valence-corrected chi connectivity index (χ4v) is 3.23. The molecule has 1 aliphatic heterocycles. The van der Waals surface area contributed by atoms with Crippen molar-refractivity contribution < 1.29 is 29.4 Å². The standard InChI is InChI=1S/C17H31N5O6S/c18-6-2-1-4-11(17(27)28)20-14(24)12(8-23)21-15(25)13-5-3-7-22(13)16(26)10(19)9-29/h10-13,23,29H,1-9,18-19H2,(H,20,24)(H,21,25)(H,27,28). The number of rotatable bonds is 12. The van der Waals surface area contributed by atoms with Crippen LogP contribution in [0.4, 0.5) is 0 Å². The molecular weight excluding hydrogens is 402 g/mol. The fourth-order valence-electron chi connectivity index (χ4n) is 3.08. The summed E-state index contributed by atoms with van der Waals surface area (Å²) in [5, 5.41) is 23.5. The number of carboxylic acid groups (broad SMARTS) is 1. The average Bonchev–Trinajstić information content (AvgIpc) is 3.19. The molecule has 8 N–H and O–H groups in total. The molecule has 1 aliphatic rings. The second kappa shape index (κ2) is 12.6. The van der Waals surface area contributed by atoms with Gasteiger partial charge in [-0.3, -0.25) is 14.4 Å². The first-order chi connectivity index (χ1) is 13.8. The quantitative estimate of drug-likeness (QED) is 0.129. The van der Waals surface area contributed by atoms with E-state index in [2.05, 4.69) is 23.3 Å². The van der Waals surface area contributed by atoms with E-state index in [1.165, 1.54) is 4.90 Å². The third-order valence-corrected chi connectivity index (χ3v) is 5.12. The molecule has 4 unspecified atom stereocenters. The van der Waals surface area contributed by atoms with E-state index < -0.39 is 54.5 Å². The molecule has 1 rings (SSSR count). The van der Waals surface area contributed by atoms with E-state index in [1.807, 2.05) is 0 Å². The summed E-state index contributed by atoms with van der Waals surface area (Å²) in [6.45, 7) is 0.0449. The molecule has 1 fully saturated rings. The first-order valence-electron chi connectivity index (χ1n) is 9.58. The Balaban J connectivity index is 2.72. The third kappa shape index (κ3) is 7.46. The lowest BCUT2D eigenvalue weighted by Crippen LogP contribution is -2.57. The number of carbonyl (C=O) groups excluding carboxylic acids is 3. The van der Waals surface area contributed by atoms with Crippen molar-refractivity contribution in [3.05, 3.63) is 0 Å². The maximum absolute atomic E-state index is 12.6. The number of unbranched alkanes of at least 4 members (excludes halogenated alkanes) is 1. The van der Waals surface area contributed by atoms with Gasteiger partial charge in [0.25, 0.3) is 0 Å². The summed E-state index contributed by atoms with van der Waals surface area (Å²) < 4.78 is 0. The Morgan fingerprint density at radius 1 is 1.17 bits per heavy atom. The van der Waals surface area contributed by atoms with Crippen LogP contribution in [0.25, 0.3) is 0 Å². The molecule has 0 spiro atoms. The van der Waals surface area contributed by atoms with Gasteiger partial charge in [-0.15, -0.1) is 0 Å². The van der Waals surface area contributed by atoms with Gasteiger partial charge in [0.15, 0.2) is 0 Å². The molecule has 0 aromatic carbocycles. The van der Waals surface area contributed by atoms with Crippen LogP contribution in [0.1, 0.15) is 32.1 Å². The van der Waals surface area contributed by atoms with Gasteiger partial charge in [0.1, 0.15) is 18.1 Å². The van der Waals surface area contributed by atoms with Crippen LogP contribution >= 0.6 is 12.6 Å². The van der Waals surface area contributed by atoms with Gasteiger partial charge in [-0.2, -0.15) is 12.6 Å². The van der Waals surface area contributed by atoms with E-state index in [9.17, 15) is 29.4 Å². The molecule has 0 bridgehead atoms. The first-order valence-corrected chi connectivity index (χ1v) is 10.2. The number of likely N-dealkylation sites (tertiary alicyclic amines) is 1. The number of nitrogens with one attached hydrogen (secondary N) is 2. The van der Waals surface area contributed by atoms with E-state index in [4.69, 9.17) is 11.5 Å². The number of thiol groups is 1. The molecule has 29 heavy (non-hydrogen) atoms. The smallest absolute Gasteiger partial charge is 0.326 e. The number of aliphatic hydroxyl groups excluding tert-OH is 1. The first kappa shape index (κ1) is 25.1. The van der Waals surface area contributed by atoms with Crippen LogP contribution in [-0.2, 0) is 19.2 Å². The number of hydrogen-bond donors (Lipinski definition) is 7. The minimum absolute atomic E-state index is 0.131. The number of hydrogen-bond acceptors (Lipinski definition) is 8. The predicted octanol–water partition coefficient (Wildman–Crippen LogP) is -2.59. The molecule has 1 saturated heterocycles. The molecule has 166 valence electrons. The zero-order valence-corrected chi connectivity index (χ0v) is 17.1. The Morgan fingerprint density at radius 2 is 1.86 bits per heavy atom. The minimum Gasteiger partial charge on any atom is -0.480 e. The monoisotopic (exact) mass is 433 g/mol. The number of amides is 3. The summed E-state index contributed by atoms with van der Waals surface area (Å²) in [6.07, 6.45) is 2.29. The van der Waals surface area contributed by atoms with Gasteiger partial charge in [-0.25, -0.2) is 4.79 Å². The Bertz CT molecular complexity index is 593. The van der Waals surface area contributed by atoms with Crippen LogP contribution < -0.4 is 22.1 Å². The molecule has 0 aromatic rings. The highest BCUT2D eigenvalue weighted by molar-refractivity contribution is 7.80. The number of nitrogens with zero attached hydrogens (tertiary/aromatic N) is 1. The summed E-state index contributed by atoms with van der Waals surface area (Å²) in [5.41, 5.74) is 11.1. The lowest BCUT2D eigenvalue weighted by atomic mass is 10.1. The number of carbonyl (C=O) groups is 4. The van der Waals surface area contributed by atoms with Gasteiger partial charge >= 0.3 is 5.97 Å². The average molecular weight is 434 g/mol. The molecule has 12 heteroatoms. The lowest BCUT2D eigenvalue weighted by molar-refractivity contribution is -0.143. The van der Waals surface area contributed by atoms with E-state index in [-0.39, 0.29) is 12.2 Å². The van der Waals surface area contributed by atoms with Crippen molar-refractivity contribution in [2.24, 2.45) is 11.5 Å². The zero-order valence-electron chi connectivity index (χ0n) is 16.2. The third-order valence-electron chi connectivity index (χ3n) is 4.73. The van der Waals surface area contributed by atoms with Crippen molar-refractivity contribution in [1.29, 1.82) is 0 Å². The van der Waals surface area contributed by atoms with Crippen LogP contribution in [0, 0.1) is 0 Å². The Labute approximate surface area is 175 Å². The number of nitrogens with two attached hydrogens (primary N) is 2. The summed E-state index contributed by atoms with van der Waals surface area (Å²) in [7, 11) is 0. The minimum atomic E-state index is -1.34. The normalized spacial score (nSPS) is 19.3. The lowest BCUT2D eigenvalue weighted by Gasteiger charge is -2.27. The van der Waals surface area contributed by atoms with E-state index >= 15 is 0 Å². The maximum Gasteiger partial charge on any atom is 0.326 e. The van der Waals surface area contributed by atoms with Crippen molar-refractivity contribution in [2.45, 2.75) is 56.3 Å². The predicted molar refractivity (Wildman–Crippen MR) is 108 cm³/mol. The van der Waals surface area contributed by atoms with E-state index in [0.29, 0.717) is 38.8 Å². The summed E-state index contributed by atoms with van der Waals surface area (Å²) in [6, 6.07) is -4.14. The molecule has 3 amide bonds. The van der Waals surface area contributed by atoms with Gasteiger partial charge in [0, 0.05) is 12.3 Å². The summed E-state index contributed by atoms with van der Waals surface area (Å²) >= 11 is 3.99. The van der Waals surface area contributed by atoms with Crippen molar-refractivity contribution in [2.75, 3.05) is 25.4 Å². The van der Waals surface area contributed by atoms with Crippen molar-refractivity contribution >= 4 is 36.3 Å². The topological polar surface area (TPSA) is 188 Å². The zero-order chi connectivity index (χ0) is 22.0. The molecule has 0 saturated carbocycles. The van der Waals surface area contributed by atoms with Gasteiger partial charge in [0.05, 0.1) is 12.6 Å². The summed E-state index contributed by atoms with van der Waals surface area (Å²) in [4.78, 5) is 49.9. The Hall–Kier alpha value is -1.89. The molecule has 4 atom stereocenters. The van der Waals surface area contributed by atoms with E-state index in [0.717, 1.165) is 0 Å². The molecular formula is C17H31N5O6S. The van der Waals surface area contributed by atoms with E-state index in [1.54, 1.807) is 0 Å². The second-order valence-electron chi connectivity index (χ2n) is 6.91. The van der Waals surface area contributed by atoms with Gasteiger partial charge in [-0.05, 0) is 38.6 Å². The maximum atomic E-state index is 12.6. The van der Waals surface area contributed by atoms with Crippen molar-refractivity contribution in [3.8, 4) is 0 Å². The number of aliphatic carboxylic acids is 1. The van der Waals surface area contributed by atoms with Crippen LogP contribution in [-0.4, -0.2) is 88.4 Å². The highest BCUT2D eigenvalue weighted by atomic mass is 32.1. The molecule has 1 heterocycles. The number of aliphatic hydroxyl groups is 1. The van der Waals surface area contributed by atoms with Crippen molar-refractivity contribution in [3.63, 3.8) is 0 Å². The van der Waals surface area contributed by atoms with Crippen LogP contribution in [0.2, 0.25) is 0 Å². The molecule has 11 nitrogen and oxygen atoms in total. The fraction of sp³-hybridized carbons (Fsp3) is 0.765. The van der Waals surface area contributed by atoms with Crippen LogP contribution in [0.15, 0.2) is 0 Å². The summed E-state index contributed by atoms with van der Waals surface area (Å²) in [5.74, 6) is -2.91. The highest BCUT2D eigenvalue weighted by Gasteiger charge is 2.37. The Morgan fingerprint density at radius 3 is 2.41 bits per heavy atom. The largest absolute Gasteiger partial charge is 0.480 e. The van der Waals surface area contributed by atoms with Gasteiger partial charge in [0.2, 0.25) is 17.7 Å². The highest BCUT2D eigenvalue weighted by Crippen LogP contribution is 2.18. The number of carboxylic acids is 1. The van der Waals surface area contributed by atoms with Gasteiger partial charge in [-0.1, -0.05) is 0 Å². The van der Waals surface area contributed by atoms with Crippen molar-refractivity contribution in [1.82, 2.24) is 15.5 Å². The molecule has 0 aromatic heterocycles.